The number of aromatic nitrogens is 5. The van der Waals surface area contributed by atoms with Gasteiger partial charge in [-0.25, -0.2) is 29.1 Å². The molecule has 1 aromatic carbocycles. The molecule has 0 atom stereocenters. The Bertz CT molecular complexity index is 1430. The van der Waals surface area contributed by atoms with Crippen molar-refractivity contribution in [3.8, 4) is 11.3 Å². The fourth-order valence-electron chi connectivity index (χ4n) is 4.68. The SMILES string of the molecule is Nc1ncc(-c2cn3c4c(nc3c(N3CCOCC3)n2)CN(C(=O)NCc2ccc(F)cc2)CC4)cn1. The molecule has 1 saturated heterocycles. The van der Waals surface area contributed by atoms with Gasteiger partial charge in [-0.15, -0.1) is 0 Å². The quantitative estimate of drug-likeness (QED) is 0.433. The molecule has 0 unspecified atom stereocenters. The highest BCUT2D eigenvalue weighted by atomic mass is 19.1. The summed E-state index contributed by atoms with van der Waals surface area (Å²) in [6, 6.07) is 5.91. The number of ether oxygens (including phenoxy) is 1. The fraction of sp³-hybridized carbons (Fsp3) is 0.320. The van der Waals surface area contributed by atoms with Gasteiger partial charge in [0.25, 0.3) is 0 Å². The average molecular weight is 504 g/mol. The third-order valence-electron chi connectivity index (χ3n) is 6.65. The minimum absolute atomic E-state index is 0.182. The molecule has 0 radical (unpaired) electrons. The van der Waals surface area contributed by atoms with Crippen LogP contribution in [0.1, 0.15) is 17.0 Å². The highest BCUT2D eigenvalue weighted by Crippen LogP contribution is 2.29. The third-order valence-corrected chi connectivity index (χ3v) is 6.65. The molecule has 2 aliphatic rings. The number of carbonyl (C=O) groups is 1. The standard InChI is InChI=1S/C25H26FN9O2/c26-18-3-1-16(2-4-18)11-30-25(36)34-6-5-21-20(14-34)32-23-22(33-7-9-37-10-8-33)31-19(15-35(21)23)17-12-28-24(27)29-13-17/h1-4,12-13,15H,5-11,14H2,(H,30,36)(H2,27,28,29). The number of nitrogens with one attached hydrogen (secondary N) is 1. The molecule has 3 aromatic heterocycles. The van der Waals surface area contributed by atoms with Crippen LogP contribution in [-0.2, 0) is 24.2 Å². The summed E-state index contributed by atoms with van der Waals surface area (Å²) in [7, 11) is 0. The molecule has 0 bridgehead atoms. The normalized spacial score (nSPS) is 15.6. The number of imidazole rings is 1. The van der Waals surface area contributed by atoms with Crippen LogP contribution in [0.15, 0.2) is 42.9 Å². The lowest BCUT2D eigenvalue weighted by atomic mass is 10.1. The van der Waals surface area contributed by atoms with E-state index in [0.29, 0.717) is 58.1 Å². The molecule has 4 aromatic rings. The second-order valence-corrected chi connectivity index (χ2v) is 9.03. The van der Waals surface area contributed by atoms with Crippen molar-refractivity contribution in [3.63, 3.8) is 0 Å². The van der Waals surface area contributed by atoms with E-state index in [1.807, 2.05) is 6.20 Å². The molecule has 190 valence electrons. The van der Waals surface area contributed by atoms with Gasteiger partial charge in [-0.2, -0.15) is 0 Å². The van der Waals surface area contributed by atoms with Crippen molar-refractivity contribution in [1.82, 2.24) is 34.6 Å². The number of nitrogens with zero attached hydrogens (tertiary/aromatic N) is 7. The van der Waals surface area contributed by atoms with Crippen molar-refractivity contribution >= 4 is 23.4 Å². The molecule has 37 heavy (non-hydrogen) atoms. The van der Waals surface area contributed by atoms with Gasteiger partial charge in [0, 0.05) is 62.4 Å². The number of urea groups is 1. The average Bonchev–Trinajstić information content (AvgIpc) is 3.31. The van der Waals surface area contributed by atoms with Crippen molar-refractivity contribution < 1.29 is 13.9 Å². The summed E-state index contributed by atoms with van der Waals surface area (Å²) in [5, 5.41) is 2.92. The van der Waals surface area contributed by atoms with Gasteiger partial charge in [-0.3, -0.25) is 4.40 Å². The van der Waals surface area contributed by atoms with Crippen LogP contribution in [0.2, 0.25) is 0 Å². The number of halogens is 1. The van der Waals surface area contributed by atoms with Crippen LogP contribution in [0.3, 0.4) is 0 Å². The van der Waals surface area contributed by atoms with Gasteiger partial charge < -0.3 is 25.6 Å². The van der Waals surface area contributed by atoms with Crippen molar-refractivity contribution in [2.45, 2.75) is 19.5 Å². The summed E-state index contributed by atoms with van der Waals surface area (Å²) in [5.74, 6) is 0.666. The largest absolute Gasteiger partial charge is 0.378 e. The van der Waals surface area contributed by atoms with Crippen LogP contribution in [0, 0.1) is 5.82 Å². The molecule has 0 aliphatic carbocycles. The number of rotatable bonds is 4. The molecular weight excluding hydrogens is 477 g/mol. The fourth-order valence-corrected chi connectivity index (χ4v) is 4.68. The van der Waals surface area contributed by atoms with E-state index in [9.17, 15) is 9.18 Å². The van der Waals surface area contributed by atoms with Gasteiger partial charge in [-0.05, 0) is 17.7 Å². The van der Waals surface area contributed by atoms with Crippen LogP contribution in [0.25, 0.3) is 16.9 Å². The Labute approximate surface area is 212 Å². The summed E-state index contributed by atoms with van der Waals surface area (Å²) in [6.45, 7) is 3.91. The number of fused-ring (bicyclic) bond motifs is 3. The number of nitrogen functional groups attached to an aromatic ring is 1. The number of morpholine rings is 1. The van der Waals surface area contributed by atoms with Crippen LogP contribution in [-0.4, -0.2) is 68.1 Å². The number of hydrogen-bond donors (Lipinski definition) is 2. The molecule has 6 rings (SSSR count). The third kappa shape index (κ3) is 4.62. The number of benzene rings is 1. The monoisotopic (exact) mass is 503 g/mol. The summed E-state index contributed by atoms with van der Waals surface area (Å²) in [4.78, 5) is 34.9. The van der Waals surface area contributed by atoms with E-state index in [-0.39, 0.29) is 17.8 Å². The van der Waals surface area contributed by atoms with E-state index in [1.54, 1.807) is 29.4 Å². The molecule has 0 saturated carbocycles. The van der Waals surface area contributed by atoms with Crippen molar-refractivity contribution in [1.29, 1.82) is 0 Å². The second-order valence-electron chi connectivity index (χ2n) is 9.03. The van der Waals surface area contributed by atoms with Crippen LogP contribution < -0.4 is 16.0 Å². The molecule has 12 heteroatoms. The Balaban J connectivity index is 1.30. The van der Waals surface area contributed by atoms with Crippen molar-refractivity contribution in [2.24, 2.45) is 0 Å². The summed E-state index contributed by atoms with van der Waals surface area (Å²) < 4.78 is 20.8. The molecular formula is C25H26FN9O2. The lowest BCUT2D eigenvalue weighted by molar-refractivity contribution is 0.122. The first-order chi connectivity index (χ1) is 18.0. The first kappa shape index (κ1) is 23.1. The number of amides is 2. The molecule has 0 spiro atoms. The molecule has 3 N–H and O–H groups in total. The maximum absolute atomic E-state index is 13.2. The van der Waals surface area contributed by atoms with E-state index in [0.717, 1.165) is 34.0 Å². The zero-order valence-electron chi connectivity index (χ0n) is 20.1. The Kier molecular flexibility index (Phi) is 6.01. The summed E-state index contributed by atoms with van der Waals surface area (Å²) in [5.41, 5.74) is 10.6. The Morgan fingerprint density at radius 2 is 1.84 bits per heavy atom. The molecule has 11 nitrogen and oxygen atoms in total. The van der Waals surface area contributed by atoms with E-state index in [1.165, 1.54) is 12.1 Å². The number of carbonyl (C=O) groups excluding carboxylic acids is 1. The number of anilines is 2. The summed E-state index contributed by atoms with van der Waals surface area (Å²) >= 11 is 0. The highest BCUT2D eigenvalue weighted by molar-refractivity contribution is 5.75. The zero-order valence-corrected chi connectivity index (χ0v) is 20.1. The Hall–Kier alpha value is -4.32. The van der Waals surface area contributed by atoms with E-state index in [2.05, 4.69) is 24.6 Å². The molecule has 2 amide bonds. The Morgan fingerprint density at radius 3 is 2.59 bits per heavy atom. The summed E-state index contributed by atoms with van der Waals surface area (Å²) in [6.07, 6.45) is 5.92. The minimum atomic E-state index is -0.302. The van der Waals surface area contributed by atoms with E-state index >= 15 is 0 Å². The number of hydrogen-bond acceptors (Lipinski definition) is 8. The molecule has 5 heterocycles. The first-order valence-electron chi connectivity index (χ1n) is 12.1. The second kappa shape index (κ2) is 9.62. The predicted molar refractivity (Wildman–Crippen MR) is 134 cm³/mol. The van der Waals surface area contributed by atoms with Gasteiger partial charge in [0.1, 0.15) is 5.82 Å². The highest BCUT2D eigenvalue weighted by Gasteiger charge is 2.28. The topological polar surface area (TPSA) is 127 Å². The van der Waals surface area contributed by atoms with Crippen molar-refractivity contribution in [3.05, 3.63) is 65.6 Å². The van der Waals surface area contributed by atoms with Gasteiger partial charge in [0.15, 0.2) is 11.5 Å². The molecule has 2 aliphatic heterocycles. The van der Waals surface area contributed by atoms with E-state index < -0.39 is 0 Å². The number of nitrogens with two attached hydrogens (primary N) is 1. The maximum Gasteiger partial charge on any atom is 0.318 e. The van der Waals surface area contributed by atoms with Gasteiger partial charge >= 0.3 is 6.03 Å². The van der Waals surface area contributed by atoms with Gasteiger partial charge in [-0.1, -0.05) is 12.1 Å². The lowest BCUT2D eigenvalue weighted by Gasteiger charge is -2.28. The minimum Gasteiger partial charge on any atom is -0.378 e. The van der Waals surface area contributed by atoms with Crippen LogP contribution >= 0.6 is 0 Å². The zero-order chi connectivity index (χ0) is 25.4. The predicted octanol–water partition coefficient (Wildman–Crippen LogP) is 2.01. The van der Waals surface area contributed by atoms with Crippen LogP contribution in [0.5, 0.6) is 0 Å². The maximum atomic E-state index is 13.2. The smallest absolute Gasteiger partial charge is 0.318 e. The Morgan fingerprint density at radius 1 is 1.08 bits per heavy atom. The lowest BCUT2D eigenvalue weighted by Crippen LogP contribution is -2.42. The first-order valence-corrected chi connectivity index (χ1v) is 12.1. The van der Waals surface area contributed by atoms with Crippen LogP contribution in [0.4, 0.5) is 21.0 Å². The molecule has 1 fully saturated rings. The van der Waals surface area contributed by atoms with Crippen molar-refractivity contribution in [2.75, 3.05) is 43.5 Å². The van der Waals surface area contributed by atoms with Gasteiger partial charge in [0.2, 0.25) is 5.95 Å². The van der Waals surface area contributed by atoms with E-state index in [4.69, 9.17) is 20.4 Å². The van der Waals surface area contributed by atoms with Gasteiger partial charge in [0.05, 0.1) is 31.1 Å².